The lowest BCUT2D eigenvalue weighted by Gasteiger charge is -2.34. The molecule has 0 spiro atoms. The first kappa shape index (κ1) is 17.7. The number of nitrogens with zero attached hydrogens (tertiary/aromatic N) is 4. The van der Waals surface area contributed by atoms with Crippen molar-refractivity contribution in [2.24, 2.45) is 0 Å². The third kappa shape index (κ3) is 4.01. The third-order valence-electron chi connectivity index (χ3n) is 5.42. The van der Waals surface area contributed by atoms with Gasteiger partial charge in [0.2, 0.25) is 5.95 Å². The standard InChI is InChI=1S/C18H27N5O2S/c1-14-12-17(21-18(19-14)23-7-2-3-8-23)22-9-4-15(5-10-22)20-16-6-11-26(24,25)13-16/h6,11-12,15-16,20H,2-5,7-10,13H2,1H3. The summed E-state index contributed by atoms with van der Waals surface area (Å²) in [6, 6.07) is 2.38. The maximum absolute atomic E-state index is 11.5. The highest BCUT2D eigenvalue weighted by Gasteiger charge is 2.27. The molecule has 0 bridgehead atoms. The fourth-order valence-electron chi connectivity index (χ4n) is 4.01. The third-order valence-corrected chi connectivity index (χ3v) is 6.81. The minimum atomic E-state index is -2.99. The highest BCUT2D eigenvalue weighted by Crippen LogP contribution is 2.24. The summed E-state index contributed by atoms with van der Waals surface area (Å²) in [5, 5.41) is 4.82. The second-order valence-electron chi connectivity index (χ2n) is 7.55. The zero-order valence-corrected chi connectivity index (χ0v) is 16.1. The molecule has 4 heterocycles. The van der Waals surface area contributed by atoms with Gasteiger partial charge < -0.3 is 15.1 Å². The summed E-state index contributed by atoms with van der Waals surface area (Å²) < 4.78 is 23.1. The number of hydrogen-bond acceptors (Lipinski definition) is 7. The van der Waals surface area contributed by atoms with Crippen LogP contribution in [0.3, 0.4) is 0 Å². The van der Waals surface area contributed by atoms with Crippen LogP contribution < -0.4 is 15.1 Å². The van der Waals surface area contributed by atoms with Gasteiger partial charge in [-0.1, -0.05) is 6.08 Å². The smallest absolute Gasteiger partial charge is 0.227 e. The second kappa shape index (κ2) is 7.15. The van der Waals surface area contributed by atoms with E-state index in [1.54, 1.807) is 6.08 Å². The van der Waals surface area contributed by atoms with Gasteiger partial charge in [0.05, 0.1) is 5.75 Å². The lowest BCUT2D eigenvalue weighted by atomic mass is 10.0. The van der Waals surface area contributed by atoms with E-state index in [2.05, 4.69) is 26.2 Å². The summed E-state index contributed by atoms with van der Waals surface area (Å²) in [5.74, 6) is 2.07. The first-order valence-corrected chi connectivity index (χ1v) is 11.2. The molecule has 0 aromatic carbocycles. The molecule has 2 fully saturated rings. The molecule has 3 aliphatic rings. The van der Waals surface area contributed by atoms with Crippen molar-refractivity contribution in [2.75, 3.05) is 41.7 Å². The van der Waals surface area contributed by atoms with E-state index in [0.29, 0.717) is 6.04 Å². The van der Waals surface area contributed by atoms with Gasteiger partial charge in [-0.05, 0) is 32.6 Å². The van der Waals surface area contributed by atoms with Crippen LogP contribution in [0, 0.1) is 6.92 Å². The lowest BCUT2D eigenvalue weighted by Crippen LogP contribution is -2.46. The number of hydrogen-bond donors (Lipinski definition) is 1. The van der Waals surface area contributed by atoms with Gasteiger partial charge >= 0.3 is 0 Å². The van der Waals surface area contributed by atoms with Crippen molar-refractivity contribution in [3.8, 4) is 0 Å². The average Bonchev–Trinajstić information content (AvgIpc) is 3.25. The van der Waals surface area contributed by atoms with Crippen molar-refractivity contribution >= 4 is 21.6 Å². The molecule has 0 aliphatic carbocycles. The van der Waals surface area contributed by atoms with Gasteiger partial charge in [0.15, 0.2) is 9.84 Å². The van der Waals surface area contributed by atoms with Gasteiger partial charge in [-0.25, -0.2) is 13.4 Å². The molecule has 3 aliphatic heterocycles. The van der Waals surface area contributed by atoms with Gasteiger partial charge in [-0.15, -0.1) is 0 Å². The highest BCUT2D eigenvalue weighted by molar-refractivity contribution is 7.94. The SMILES string of the molecule is Cc1cc(N2CCC(NC3C=CS(=O)(=O)C3)CC2)nc(N2CCCC2)n1. The minimum Gasteiger partial charge on any atom is -0.356 e. The van der Waals surface area contributed by atoms with Gasteiger partial charge in [-0.2, -0.15) is 4.98 Å². The van der Waals surface area contributed by atoms with Crippen LogP contribution in [-0.2, 0) is 9.84 Å². The van der Waals surface area contributed by atoms with Crippen molar-refractivity contribution in [1.29, 1.82) is 0 Å². The molecule has 8 heteroatoms. The van der Waals surface area contributed by atoms with E-state index in [9.17, 15) is 8.42 Å². The predicted molar refractivity (Wildman–Crippen MR) is 103 cm³/mol. The minimum absolute atomic E-state index is 0.0420. The summed E-state index contributed by atoms with van der Waals surface area (Å²) in [7, 11) is -2.99. The Labute approximate surface area is 155 Å². The first-order chi connectivity index (χ1) is 12.5. The normalized spacial score (nSPS) is 26.0. The van der Waals surface area contributed by atoms with E-state index in [0.717, 1.165) is 56.5 Å². The quantitative estimate of drug-likeness (QED) is 0.846. The molecule has 0 saturated carbocycles. The van der Waals surface area contributed by atoms with Crippen LogP contribution in [0.4, 0.5) is 11.8 Å². The average molecular weight is 378 g/mol. The van der Waals surface area contributed by atoms with E-state index in [1.807, 2.05) is 6.92 Å². The Balaban J connectivity index is 1.36. The first-order valence-electron chi connectivity index (χ1n) is 9.51. The van der Waals surface area contributed by atoms with E-state index in [-0.39, 0.29) is 11.8 Å². The van der Waals surface area contributed by atoms with Crippen molar-refractivity contribution in [3.63, 3.8) is 0 Å². The Morgan fingerprint density at radius 1 is 1.08 bits per heavy atom. The molecule has 0 amide bonds. The van der Waals surface area contributed by atoms with Crippen molar-refractivity contribution < 1.29 is 8.42 Å². The molecule has 4 rings (SSSR count). The Hall–Kier alpha value is -1.67. The Kier molecular flexibility index (Phi) is 4.88. The van der Waals surface area contributed by atoms with Gasteiger partial charge in [-0.3, -0.25) is 0 Å². The second-order valence-corrected chi connectivity index (χ2v) is 9.49. The van der Waals surface area contributed by atoms with Crippen LogP contribution in [0.1, 0.15) is 31.4 Å². The molecule has 1 aromatic heterocycles. The summed E-state index contributed by atoms with van der Waals surface area (Å²) in [4.78, 5) is 14.0. The number of nitrogens with one attached hydrogen (secondary N) is 1. The van der Waals surface area contributed by atoms with E-state index < -0.39 is 9.84 Å². The molecular formula is C18H27N5O2S. The van der Waals surface area contributed by atoms with E-state index >= 15 is 0 Å². The molecule has 1 atom stereocenters. The predicted octanol–water partition coefficient (Wildman–Crippen LogP) is 1.25. The Morgan fingerprint density at radius 3 is 2.46 bits per heavy atom. The summed E-state index contributed by atoms with van der Waals surface area (Å²) in [6.07, 6.45) is 6.20. The number of piperidine rings is 1. The Bertz CT molecular complexity index is 781. The molecule has 26 heavy (non-hydrogen) atoms. The molecule has 0 radical (unpaired) electrons. The maximum Gasteiger partial charge on any atom is 0.227 e. The molecule has 1 unspecified atom stereocenters. The largest absolute Gasteiger partial charge is 0.356 e. The number of aryl methyl sites for hydroxylation is 1. The summed E-state index contributed by atoms with van der Waals surface area (Å²) in [6.45, 7) is 5.98. The van der Waals surface area contributed by atoms with E-state index in [1.165, 1.54) is 18.2 Å². The van der Waals surface area contributed by atoms with Gasteiger partial charge in [0.1, 0.15) is 5.82 Å². The number of anilines is 2. The molecular weight excluding hydrogens is 350 g/mol. The van der Waals surface area contributed by atoms with Crippen LogP contribution in [0.2, 0.25) is 0 Å². The molecule has 7 nitrogen and oxygen atoms in total. The fraction of sp³-hybridized carbons (Fsp3) is 0.667. The fourth-order valence-corrected chi connectivity index (χ4v) is 5.26. The van der Waals surface area contributed by atoms with Crippen LogP contribution in [0.15, 0.2) is 17.6 Å². The lowest BCUT2D eigenvalue weighted by molar-refractivity contribution is 0.400. The number of rotatable bonds is 4. The number of sulfone groups is 1. The maximum atomic E-state index is 11.5. The van der Waals surface area contributed by atoms with Gasteiger partial charge in [0, 0.05) is 55.4 Å². The van der Waals surface area contributed by atoms with Crippen LogP contribution in [-0.4, -0.2) is 62.4 Å². The summed E-state index contributed by atoms with van der Waals surface area (Å²) >= 11 is 0. The monoisotopic (exact) mass is 377 g/mol. The molecule has 2 saturated heterocycles. The Morgan fingerprint density at radius 2 is 1.81 bits per heavy atom. The van der Waals surface area contributed by atoms with Crippen molar-refractivity contribution in [3.05, 3.63) is 23.2 Å². The summed E-state index contributed by atoms with van der Waals surface area (Å²) in [5.41, 5.74) is 1.01. The van der Waals surface area contributed by atoms with Crippen molar-refractivity contribution in [1.82, 2.24) is 15.3 Å². The topological polar surface area (TPSA) is 78.4 Å². The van der Waals surface area contributed by atoms with Gasteiger partial charge in [0.25, 0.3) is 0 Å². The molecule has 1 aromatic rings. The zero-order chi connectivity index (χ0) is 18.1. The zero-order valence-electron chi connectivity index (χ0n) is 15.3. The highest BCUT2D eigenvalue weighted by atomic mass is 32.2. The van der Waals surface area contributed by atoms with Crippen LogP contribution >= 0.6 is 0 Å². The molecule has 142 valence electrons. The molecule has 1 N–H and O–H groups in total. The van der Waals surface area contributed by atoms with Crippen LogP contribution in [0.5, 0.6) is 0 Å². The van der Waals surface area contributed by atoms with Crippen molar-refractivity contribution in [2.45, 2.75) is 44.7 Å². The van der Waals surface area contributed by atoms with Crippen LogP contribution in [0.25, 0.3) is 0 Å². The van der Waals surface area contributed by atoms with E-state index in [4.69, 9.17) is 4.98 Å². The number of aromatic nitrogens is 2.